The Hall–Kier alpha value is -2.27. The van der Waals surface area contributed by atoms with Crippen LogP contribution in [0, 0.1) is 0 Å². The number of rotatable bonds is 6. The Balaban J connectivity index is 2.17. The molecule has 0 radical (unpaired) electrons. The van der Waals surface area contributed by atoms with Gasteiger partial charge in [0.15, 0.2) is 17.3 Å². The Labute approximate surface area is 143 Å². The number of methoxy groups -OCH3 is 1. The minimum Gasteiger partial charge on any atom is -0.504 e. The van der Waals surface area contributed by atoms with Crippen molar-refractivity contribution < 1.29 is 19.4 Å². The summed E-state index contributed by atoms with van der Waals surface area (Å²) >= 11 is 3.35. The fourth-order valence-electron chi connectivity index (χ4n) is 1.99. The van der Waals surface area contributed by atoms with Gasteiger partial charge in [0.1, 0.15) is 5.75 Å². The van der Waals surface area contributed by atoms with Crippen LogP contribution in [0.3, 0.4) is 0 Å². The van der Waals surface area contributed by atoms with Crippen LogP contribution in [-0.4, -0.2) is 24.6 Å². The van der Waals surface area contributed by atoms with Crippen molar-refractivity contribution in [2.24, 2.45) is 0 Å². The lowest BCUT2D eigenvalue weighted by atomic mass is 10.1. The van der Waals surface area contributed by atoms with E-state index in [4.69, 9.17) is 9.47 Å². The predicted octanol–water partition coefficient (Wildman–Crippen LogP) is 4.46. The molecule has 0 aliphatic heterocycles. The van der Waals surface area contributed by atoms with Crippen LogP contribution in [0.15, 0.2) is 46.9 Å². The molecular weight excluding hydrogens is 360 g/mol. The van der Waals surface area contributed by atoms with E-state index in [1.165, 1.54) is 19.3 Å². The molecule has 2 rings (SSSR count). The number of aromatic hydroxyl groups is 1. The molecule has 0 unspecified atom stereocenters. The third kappa shape index (κ3) is 4.36. The second kappa shape index (κ2) is 7.83. The minimum atomic E-state index is -0.119. The average Bonchev–Trinajstić information content (AvgIpc) is 2.55. The van der Waals surface area contributed by atoms with E-state index in [-0.39, 0.29) is 11.5 Å². The molecule has 0 aliphatic carbocycles. The number of carbonyl (C=O) groups is 1. The number of hydrogen-bond donors (Lipinski definition) is 1. The van der Waals surface area contributed by atoms with Gasteiger partial charge in [0.05, 0.1) is 13.7 Å². The maximum Gasteiger partial charge on any atom is 0.185 e. The molecule has 4 nitrogen and oxygen atoms in total. The summed E-state index contributed by atoms with van der Waals surface area (Å²) in [5.41, 5.74) is 1.31. The number of benzene rings is 2. The third-order valence-corrected chi connectivity index (χ3v) is 3.85. The lowest BCUT2D eigenvalue weighted by Crippen LogP contribution is -1.96. The number of carbonyl (C=O) groups excluding carboxylic acids is 1. The van der Waals surface area contributed by atoms with Crippen molar-refractivity contribution in [3.8, 4) is 17.2 Å². The first-order valence-corrected chi connectivity index (χ1v) is 7.86. The number of allylic oxidation sites excluding steroid dienone is 1. The molecule has 23 heavy (non-hydrogen) atoms. The smallest absolute Gasteiger partial charge is 0.185 e. The summed E-state index contributed by atoms with van der Waals surface area (Å²) in [6.07, 6.45) is 3.15. The third-order valence-electron chi connectivity index (χ3n) is 3.16. The largest absolute Gasteiger partial charge is 0.504 e. The zero-order valence-electron chi connectivity index (χ0n) is 12.9. The van der Waals surface area contributed by atoms with Crippen molar-refractivity contribution in [1.29, 1.82) is 0 Å². The molecule has 0 aromatic heterocycles. The normalized spacial score (nSPS) is 10.7. The van der Waals surface area contributed by atoms with Gasteiger partial charge in [-0.2, -0.15) is 0 Å². The predicted molar refractivity (Wildman–Crippen MR) is 93.3 cm³/mol. The zero-order valence-corrected chi connectivity index (χ0v) is 14.5. The molecule has 2 aromatic rings. The molecule has 120 valence electrons. The molecule has 0 amide bonds. The van der Waals surface area contributed by atoms with Crippen LogP contribution >= 0.6 is 15.9 Å². The van der Waals surface area contributed by atoms with E-state index in [1.807, 2.05) is 6.92 Å². The van der Waals surface area contributed by atoms with Crippen molar-refractivity contribution in [1.82, 2.24) is 0 Å². The van der Waals surface area contributed by atoms with Crippen LogP contribution in [-0.2, 0) is 0 Å². The van der Waals surface area contributed by atoms with E-state index >= 15 is 0 Å². The molecule has 5 heteroatoms. The topological polar surface area (TPSA) is 55.8 Å². The summed E-state index contributed by atoms with van der Waals surface area (Å²) in [6, 6.07) is 10.2. The fraction of sp³-hybridized carbons (Fsp3) is 0.167. The van der Waals surface area contributed by atoms with Crippen molar-refractivity contribution in [2.45, 2.75) is 6.92 Å². The van der Waals surface area contributed by atoms with Gasteiger partial charge < -0.3 is 14.6 Å². The number of hydrogen-bond acceptors (Lipinski definition) is 4. The first-order chi connectivity index (χ1) is 11.0. The van der Waals surface area contributed by atoms with E-state index in [9.17, 15) is 9.90 Å². The molecule has 0 atom stereocenters. The van der Waals surface area contributed by atoms with Gasteiger partial charge in [-0.25, -0.2) is 0 Å². The van der Waals surface area contributed by atoms with Crippen molar-refractivity contribution >= 4 is 27.8 Å². The lowest BCUT2D eigenvalue weighted by Gasteiger charge is -2.06. The van der Waals surface area contributed by atoms with Gasteiger partial charge in [0, 0.05) is 10.0 Å². The Kier molecular flexibility index (Phi) is 5.82. The van der Waals surface area contributed by atoms with E-state index in [2.05, 4.69) is 15.9 Å². The summed E-state index contributed by atoms with van der Waals surface area (Å²) in [5, 5.41) is 9.68. The van der Waals surface area contributed by atoms with E-state index in [0.29, 0.717) is 22.4 Å². The Morgan fingerprint density at radius 2 is 1.96 bits per heavy atom. The van der Waals surface area contributed by atoms with Gasteiger partial charge in [-0.15, -0.1) is 0 Å². The Morgan fingerprint density at radius 1 is 1.26 bits per heavy atom. The first-order valence-electron chi connectivity index (χ1n) is 7.07. The van der Waals surface area contributed by atoms with Crippen LogP contribution in [0.25, 0.3) is 6.08 Å². The second-order valence-electron chi connectivity index (χ2n) is 4.70. The van der Waals surface area contributed by atoms with Crippen molar-refractivity contribution in [3.63, 3.8) is 0 Å². The maximum absolute atomic E-state index is 12.2. The Morgan fingerprint density at radius 3 is 2.57 bits per heavy atom. The summed E-state index contributed by atoms with van der Waals surface area (Å²) < 4.78 is 11.1. The number of ketones is 1. The van der Waals surface area contributed by atoms with Gasteiger partial charge in [0.25, 0.3) is 0 Å². The van der Waals surface area contributed by atoms with Gasteiger partial charge >= 0.3 is 0 Å². The summed E-state index contributed by atoms with van der Waals surface area (Å²) in [5.74, 6) is 1.00. The fourth-order valence-corrected chi connectivity index (χ4v) is 2.46. The molecule has 0 heterocycles. The SMILES string of the molecule is CCOc1ccc(C(=O)C=Cc2cc(OC)c(O)cc2Br)cc1. The van der Waals surface area contributed by atoms with Gasteiger partial charge in [-0.1, -0.05) is 15.9 Å². The minimum absolute atomic E-state index is 0.0364. The molecule has 1 N–H and O–H groups in total. The van der Waals surface area contributed by atoms with Crippen molar-refractivity contribution in [2.75, 3.05) is 13.7 Å². The Bertz CT molecular complexity index is 721. The van der Waals surface area contributed by atoms with Gasteiger partial charge in [-0.3, -0.25) is 4.79 Å². The molecule has 0 fully saturated rings. The van der Waals surface area contributed by atoms with E-state index < -0.39 is 0 Å². The molecular formula is C18H17BrO4. The molecule has 0 bridgehead atoms. The highest BCUT2D eigenvalue weighted by Crippen LogP contribution is 2.33. The molecule has 0 saturated carbocycles. The van der Waals surface area contributed by atoms with Crippen molar-refractivity contribution in [3.05, 3.63) is 58.1 Å². The lowest BCUT2D eigenvalue weighted by molar-refractivity contribution is 0.104. The molecule has 0 aliphatic rings. The molecule has 0 spiro atoms. The highest BCUT2D eigenvalue weighted by molar-refractivity contribution is 9.10. The standard InChI is InChI=1S/C18H17BrO4/c1-3-23-14-7-4-12(5-8-14)16(20)9-6-13-10-18(22-2)17(21)11-15(13)19/h4-11,21H,3H2,1-2H3. The summed E-state index contributed by atoms with van der Waals surface area (Å²) in [6.45, 7) is 2.50. The van der Waals surface area contributed by atoms with Gasteiger partial charge in [-0.05, 0) is 61.0 Å². The average molecular weight is 377 g/mol. The van der Waals surface area contributed by atoms with Crippen LogP contribution in [0.1, 0.15) is 22.8 Å². The number of phenols is 1. The quantitative estimate of drug-likeness (QED) is 0.597. The summed E-state index contributed by atoms with van der Waals surface area (Å²) in [7, 11) is 1.47. The number of phenolic OH excluding ortho intramolecular Hbond substituents is 1. The van der Waals surface area contributed by atoms with Crippen LogP contribution < -0.4 is 9.47 Å². The van der Waals surface area contributed by atoms with Crippen LogP contribution in [0.2, 0.25) is 0 Å². The monoisotopic (exact) mass is 376 g/mol. The number of ether oxygens (including phenoxy) is 2. The maximum atomic E-state index is 12.2. The number of halogens is 1. The van der Waals surface area contributed by atoms with Gasteiger partial charge in [0.2, 0.25) is 0 Å². The van der Waals surface area contributed by atoms with E-state index in [0.717, 1.165) is 11.3 Å². The first kappa shape index (κ1) is 17.1. The second-order valence-corrected chi connectivity index (χ2v) is 5.55. The van der Waals surface area contributed by atoms with Crippen LogP contribution in [0.5, 0.6) is 17.2 Å². The van der Waals surface area contributed by atoms with E-state index in [1.54, 1.807) is 36.4 Å². The highest BCUT2D eigenvalue weighted by atomic mass is 79.9. The molecule has 0 saturated heterocycles. The van der Waals surface area contributed by atoms with Crippen LogP contribution in [0.4, 0.5) is 0 Å². The summed E-state index contributed by atoms with van der Waals surface area (Å²) in [4.78, 5) is 12.2. The zero-order chi connectivity index (χ0) is 16.8. The highest BCUT2D eigenvalue weighted by Gasteiger charge is 2.07. The molecule has 2 aromatic carbocycles.